The average molecular weight is 394 g/mol. The standard InChI is InChI=1S/C23H26N2O4/c1-2-24-9-7-15(8-10-24)13-25-18-6-4-3-5-16(18)23(22(25)28)14-29-21-12-20(27)19(26)11-17(21)23/h3-6,11-12,15,26-27H,2,7-10,13-14H2,1H3. The number of hydrogen-bond donors (Lipinski definition) is 2. The summed E-state index contributed by atoms with van der Waals surface area (Å²) in [5.74, 6) is 0.463. The Bertz CT molecular complexity index is 967. The van der Waals surface area contributed by atoms with Crippen LogP contribution in [0.4, 0.5) is 5.69 Å². The predicted octanol–water partition coefficient (Wildman–Crippen LogP) is 2.85. The predicted molar refractivity (Wildman–Crippen MR) is 110 cm³/mol. The Balaban J connectivity index is 1.53. The summed E-state index contributed by atoms with van der Waals surface area (Å²) >= 11 is 0. The van der Waals surface area contributed by atoms with E-state index < -0.39 is 5.41 Å². The van der Waals surface area contributed by atoms with Gasteiger partial charge in [-0.15, -0.1) is 0 Å². The van der Waals surface area contributed by atoms with Crippen LogP contribution in [0, 0.1) is 5.92 Å². The molecule has 1 unspecified atom stereocenters. The summed E-state index contributed by atoms with van der Waals surface area (Å²) in [4.78, 5) is 18.2. The van der Waals surface area contributed by atoms with Crippen molar-refractivity contribution in [3.8, 4) is 17.2 Å². The molecule has 152 valence electrons. The highest BCUT2D eigenvalue weighted by atomic mass is 16.5. The van der Waals surface area contributed by atoms with E-state index in [2.05, 4.69) is 11.8 Å². The maximum Gasteiger partial charge on any atom is 0.245 e. The number of phenols is 2. The number of ether oxygens (including phenoxy) is 1. The van der Waals surface area contributed by atoms with Gasteiger partial charge in [-0.2, -0.15) is 0 Å². The minimum atomic E-state index is -0.957. The molecule has 1 fully saturated rings. The maximum absolute atomic E-state index is 13.8. The normalized spacial score (nSPS) is 24.0. The molecule has 3 aliphatic rings. The van der Waals surface area contributed by atoms with E-state index in [1.54, 1.807) is 0 Å². The van der Waals surface area contributed by atoms with Crippen molar-refractivity contribution in [1.82, 2.24) is 4.90 Å². The summed E-state index contributed by atoms with van der Waals surface area (Å²) in [6.45, 7) is 6.31. The Morgan fingerprint density at radius 3 is 2.59 bits per heavy atom. The molecule has 2 N–H and O–H groups in total. The van der Waals surface area contributed by atoms with Crippen LogP contribution in [0.25, 0.3) is 0 Å². The zero-order valence-electron chi connectivity index (χ0n) is 16.6. The van der Waals surface area contributed by atoms with Gasteiger partial charge < -0.3 is 24.7 Å². The highest BCUT2D eigenvalue weighted by Gasteiger charge is 2.57. The number of nitrogens with zero attached hydrogens (tertiary/aromatic N) is 2. The van der Waals surface area contributed by atoms with Gasteiger partial charge in [-0.25, -0.2) is 0 Å². The van der Waals surface area contributed by atoms with Crippen molar-refractivity contribution in [2.75, 3.05) is 37.7 Å². The van der Waals surface area contributed by atoms with E-state index in [0.29, 0.717) is 23.8 Å². The molecule has 0 saturated carbocycles. The van der Waals surface area contributed by atoms with Crippen molar-refractivity contribution in [2.24, 2.45) is 5.92 Å². The van der Waals surface area contributed by atoms with Crippen LogP contribution in [-0.4, -0.2) is 53.8 Å². The van der Waals surface area contributed by atoms with E-state index in [1.165, 1.54) is 12.1 Å². The van der Waals surface area contributed by atoms with Gasteiger partial charge in [0.2, 0.25) is 5.91 Å². The number of rotatable bonds is 3. The molecule has 2 aromatic carbocycles. The van der Waals surface area contributed by atoms with Gasteiger partial charge in [-0.1, -0.05) is 25.1 Å². The first-order chi connectivity index (χ1) is 14.0. The van der Waals surface area contributed by atoms with E-state index in [0.717, 1.165) is 43.7 Å². The number of likely N-dealkylation sites (tertiary alicyclic amines) is 1. The first-order valence-corrected chi connectivity index (χ1v) is 10.4. The van der Waals surface area contributed by atoms with Crippen LogP contribution < -0.4 is 9.64 Å². The topological polar surface area (TPSA) is 73.2 Å². The second-order valence-electron chi connectivity index (χ2n) is 8.34. The van der Waals surface area contributed by atoms with E-state index in [4.69, 9.17) is 4.74 Å². The number of phenolic OH excluding ortho intramolecular Hbond substituents is 2. The number of fused-ring (bicyclic) bond motifs is 4. The summed E-state index contributed by atoms with van der Waals surface area (Å²) in [5, 5.41) is 20.0. The summed E-state index contributed by atoms with van der Waals surface area (Å²) < 4.78 is 5.84. The van der Waals surface area contributed by atoms with Crippen LogP contribution in [0.2, 0.25) is 0 Å². The molecule has 6 nitrogen and oxygen atoms in total. The van der Waals surface area contributed by atoms with E-state index in [1.807, 2.05) is 29.2 Å². The van der Waals surface area contributed by atoms with E-state index in [9.17, 15) is 15.0 Å². The summed E-state index contributed by atoms with van der Waals surface area (Å²) in [6, 6.07) is 10.8. The molecule has 0 radical (unpaired) electrons. The number of piperidine rings is 1. The maximum atomic E-state index is 13.8. The fraction of sp³-hybridized carbons (Fsp3) is 0.435. The Morgan fingerprint density at radius 1 is 1.10 bits per heavy atom. The lowest BCUT2D eigenvalue weighted by atomic mass is 9.77. The van der Waals surface area contributed by atoms with Gasteiger partial charge in [0, 0.05) is 23.9 Å². The molecule has 5 rings (SSSR count). The lowest BCUT2D eigenvalue weighted by Gasteiger charge is -2.33. The van der Waals surface area contributed by atoms with Crippen molar-refractivity contribution in [1.29, 1.82) is 0 Å². The number of anilines is 1. The van der Waals surface area contributed by atoms with Crippen molar-refractivity contribution in [3.05, 3.63) is 47.5 Å². The smallest absolute Gasteiger partial charge is 0.245 e. The number of carbonyl (C=O) groups is 1. The number of hydrogen-bond acceptors (Lipinski definition) is 5. The Morgan fingerprint density at radius 2 is 1.83 bits per heavy atom. The molecule has 1 amide bonds. The third-order valence-corrected chi connectivity index (χ3v) is 6.84. The second-order valence-corrected chi connectivity index (χ2v) is 8.34. The monoisotopic (exact) mass is 394 g/mol. The SMILES string of the molecule is CCN1CCC(CN2C(=O)C3(COc4cc(O)c(O)cc43)c3ccccc32)CC1. The van der Waals surface area contributed by atoms with Crippen molar-refractivity contribution in [2.45, 2.75) is 25.2 Å². The molecule has 1 saturated heterocycles. The molecule has 3 heterocycles. The summed E-state index contributed by atoms with van der Waals surface area (Å²) in [5.41, 5.74) is 1.52. The van der Waals surface area contributed by atoms with Crippen LogP contribution in [0.3, 0.4) is 0 Å². The lowest BCUT2D eigenvalue weighted by Crippen LogP contribution is -2.45. The van der Waals surface area contributed by atoms with Crippen LogP contribution in [-0.2, 0) is 10.2 Å². The number of para-hydroxylation sites is 1. The van der Waals surface area contributed by atoms with Crippen LogP contribution in [0.15, 0.2) is 36.4 Å². The Hall–Kier alpha value is -2.73. The van der Waals surface area contributed by atoms with Gasteiger partial charge in [0.05, 0.1) is 0 Å². The van der Waals surface area contributed by atoms with Gasteiger partial charge >= 0.3 is 0 Å². The van der Waals surface area contributed by atoms with E-state index in [-0.39, 0.29) is 24.0 Å². The van der Waals surface area contributed by atoms with E-state index >= 15 is 0 Å². The minimum Gasteiger partial charge on any atom is -0.504 e. The molecule has 2 aromatic rings. The number of carbonyl (C=O) groups excluding carboxylic acids is 1. The lowest BCUT2D eigenvalue weighted by molar-refractivity contribution is -0.122. The quantitative estimate of drug-likeness (QED) is 0.784. The molecule has 0 bridgehead atoms. The fourth-order valence-electron chi connectivity index (χ4n) is 5.12. The summed E-state index contributed by atoms with van der Waals surface area (Å²) in [6.07, 6.45) is 2.18. The molecular weight excluding hydrogens is 368 g/mol. The Kier molecular flexibility index (Phi) is 4.21. The largest absolute Gasteiger partial charge is 0.504 e. The zero-order valence-corrected chi connectivity index (χ0v) is 16.6. The number of aromatic hydroxyl groups is 2. The van der Waals surface area contributed by atoms with Gasteiger partial charge in [0.15, 0.2) is 11.5 Å². The number of benzene rings is 2. The molecular formula is C23H26N2O4. The fourth-order valence-corrected chi connectivity index (χ4v) is 5.12. The number of amides is 1. The molecule has 3 aliphatic heterocycles. The molecule has 0 aliphatic carbocycles. The van der Waals surface area contributed by atoms with Gasteiger partial charge in [-0.3, -0.25) is 4.79 Å². The third kappa shape index (κ3) is 2.62. The third-order valence-electron chi connectivity index (χ3n) is 6.84. The van der Waals surface area contributed by atoms with Crippen LogP contribution in [0.1, 0.15) is 30.9 Å². The highest BCUT2D eigenvalue weighted by Crippen LogP contribution is 2.54. The first-order valence-electron chi connectivity index (χ1n) is 10.4. The first kappa shape index (κ1) is 18.3. The molecule has 1 atom stereocenters. The van der Waals surface area contributed by atoms with Crippen molar-refractivity contribution in [3.63, 3.8) is 0 Å². The minimum absolute atomic E-state index is 0.000427. The second kappa shape index (κ2) is 6.66. The summed E-state index contributed by atoms with van der Waals surface area (Å²) in [7, 11) is 0. The Labute approximate surface area is 170 Å². The van der Waals surface area contributed by atoms with Crippen molar-refractivity contribution >= 4 is 11.6 Å². The molecule has 1 spiro atoms. The van der Waals surface area contributed by atoms with Gasteiger partial charge in [0.1, 0.15) is 17.8 Å². The van der Waals surface area contributed by atoms with Crippen LogP contribution >= 0.6 is 0 Å². The molecule has 29 heavy (non-hydrogen) atoms. The molecule has 0 aromatic heterocycles. The molecule has 6 heteroatoms. The van der Waals surface area contributed by atoms with Crippen LogP contribution in [0.5, 0.6) is 17.2 Å². The van der Waals surface area contributed by atoms with Gasteiger partial charge in [-0.05, 0) is 56.1 Å². The zero-order chi connectivity index (χ0) is 20.2. The van der Waals surface area contributed by atoms with Crippen molar-refractivity contribution < 1.29 is 19.7 Å². The average Bonchev–Trinajstić information content (AvgIpc) is 3.21. The van der Waals surface area contributed by atoms with Gasteiger partial charge in [0.25, 0.3) is 0 Å². The highest BCUT2D eigenvalue weighted by molar-refractivity contribution is 6.11.